The van der Waals surface area contributed by atoms with E-state index in [9.17, 15) is 17.6 Å². The van der Waals surface area contributed by atoms with Crippen molar-refractivity contribution in [1.82, 2.24) is 5.32 Å². The van der Waals surface area contributed by atoms with Crippen molar-refractivity contribution in [3.63, 3.8) is 0 Å². The molecule has 0 saturated heterocycles. The van der Waals surface area contributed by atoms with Crippen LogP contribution in [0.15, 0.2) is 47.4 Å². The van der Waals surface area contributed by atoms with Crippen molar-refractivity contribution < 1.29 is 17.6 Å². The highest BCUT2D eigenvalue weighted by molar-refractivity contribution is 7.92. The van der Waals surface area contributed by atoms with E-state index in [1.54, 1.807) is 0 Å². The average molecular weight is 379 g/mol. The lowest BCUT2D eigenvalue weighted by Gasteiger charge is -2.12. The zero-order valence-electron chi connectivity index (χ0n) is 14.6. The molecule has 4 N–H and O–H groups in total. The minimum atomic E-state index is -3.85. The van der Waals surface area contributed by atoms with E-state index in [0.29, 0.717) is 29.9 Å². The highest BCUT2D eigenvalue weighted by Gasteiger charge is 2.17. The summed E-state index contributed by atoms with van der Waals surface area (Å²) in [4.78, 5) is 12.0. The Balaban J connectivity index is 2.10. The van der Waals surface area contributed by atoms with Crippen LogP contribution in [0.3, 0.4) is 0 Å². The lowest BCUT2D eigenvalue weighted by Crippen LogP contribution is -2.31. The molecule has 6 nitrogen and oxygen atoms in total. The summed E-state index contributed by atoms with van der Waals surface area (Å²) in [5.41, 5.74) is 6.53. The third kappa shape index (κ3) is 5.03. The second-order valence-electron chi connectivity index (χ2n) is 6.14. The second-order valence-corrected chi connectivity index (χ2v) is 7.79. The van der Waals surface area contributed by atoms with Crippen LogP contribution in [0.1, 0.15) is 22.8 Å². The first-order valence-corrected chi connectivity index (χ1v) is 9.58. The van der Waals surface area contributed by atoms with Gasteiger partial charge in [0.05, 0.1) is 4.90 Å². The third-order valence-electron chi connectivity index (χ3n) is 3.84. The number of anilines is 1. The molecule has 0 saturated carbocycles. The van der Waals surface area contributed by atoms with Gasteiger partial charge in [-0.05, 0) is 67.4 Å². The number of amides is 1. The summed E-state index contributed by atoms with van der Waals surface area (Å²) in [6.07, 6.45) is 0. The van der Waals surface area contributed by atoms with Gasteiger partial charge in [-0.15, -0.1) is 0 Å². The Bertz CT molecular complexity index is 883. The largest absolute Gasteiger partial charge is 0.352 e. The second kappa shape index (κ2) is 8.29. The average Bonchev–Trinajstić information content (AvgIpc) is 2.59. The van der Waals surface area contributed by atoms with Gasteiger partial charge in [-0.3, -0.25) is 9.52 Å². The summed E-state index contributed by atoms with van der Waals surface area (Å²) in [7, 11) is -3.85. The SMILES string of the molecule is Cc1cc(F)ccc1S(=O)(=O)Nc1ccc(C(=O)NCC(C)CN)cc1. The standard InChI is InChI=1S/C18H22FN3O3S/c1-12(10-20)11-21-18(23)14-3-6-16(7-4-14)22-26(24,25)17-8-5-15(19)9-13(17)2/h3-9,12,22H,10-11,20H2,1-2H3,(H,21,23). The highest BCUT2D eigenvalue weighted by atomic mass is 32.2. The Morgan fingerprint density at radius 2 is 1.85 bits per heavy atom. The van der Waals surface area contributed by atoms with E-state index in [-0.39, 0.29) is 16.7 Å². The van der Waals surface area contributed by atoms with Crippen LogP contribution < -0.4 is 15.8 Å². The van der Waals surface area contributed by atoms with E-state index in [0.717, 1.165) is 12.1 Å². The molecule has 1 atom stereocenters. The van der Waals surface area contributed by atoms with Crippen LogP contribution in [-0.2, 0) is 10.0 Å². The molecular formula is C18H22FN3O3S. The smallest absolute Gasteiger partial charge is 0.262 e. The first-order chi connectivity index (χ1) is 12.2. The van der Waals surface area contributed by atoms with Gasteiger partial charge in [0.15, 0.2) is 0 Å². The van der Waals surface area contributed by atoms with Crippen LogP contribution in [0.2, 0.25) is 0 Å². The van der Waals surface area contributed by atoms with Gasteiger partial charge in [-0.1, -0.05) is 6.92 Å². The predicted octanol–water partition coefficient (Wildman–Crippen LogP) is 2.26. The number of hydrogen-bond acceptors (Lipinski definition) is 4. The van der Waals surface area contributed by atoms with Crippen molar-refractivity contribution in [1.29, 1.82) is 0 Å². The molecule has 8 heteroatoms. The molecule has 0 heterocycles. The Kier molecular flexibility index (Phi) is 6.33. The molecule has 0 radical (unpaired) electrons. The van der Waals surface area contributed by atoms with Crippen molar-refractivity contribution >= 4 is 21.6 Å². The fourth-order valence-electron chi connectivity index (χ4n) is 2.27. The van der Waals surface area contributed by atoms with E-state index in [1.807, 2.05) is 6.92 Å². The van der Waals surface area contributed by atoms with Gasteiger partial charge < -0.3 is 11.1 Å². The molecule has 1 amide bonds. The van der Waals surface area contributed by atoms with Gasteiger partial charge >= 0.3 is 0 Å². The fraction of sp³-hybridized carbons (Fsp3) is 0.278. The van der Waals surface area contributed by atoms with E-state index < -0.39 is 15.8 Å². The normalized spacial score (nSPS) is 12.5. The Labute approximate surface area is 152 Å². The number of rotatable bonds is 7. The monoisotopic (exact) mass is 379 g/mol. The number of carbonyl (C=O) groups is 1. The van der Waals surface area contributed by atoms with Crippen molar-refractivity contribution in [2.45, 2.75) is 18.7 Å². The molecule has 1 unspecified atom stereocenters. The number of nitrogens with two attached hydrogens (primary N) is 1. The first-order valence-electron chi connectivity index (χ1n) is 8.10. The van der Waals surface area contributed by atoms with E-state index in [4.69, 9.17) is 5.73 Å². The van der Waals surface area contributed by atoms with Crippen molar-refractivity contribution in [3.8, 4) is 0 Å². The van der Waals surface area contributed by atoms with Crippen LogP contribution in [0.4, 0.5) is 10.1 Å². The Hall–Kier alpha value is -2.45. The summed E-state index contributed by atoms with van der Waals surface area (Å²) >= 11 is 0. The molecule has 2 aromatic carbocycles. The zero-order valence-corrected chi connectivity index (χ0v) is 15.4. The van der Waals surface area contributed by atoms with E-state index in [2.05, 4.69) is 10.0 Å². The van der Waals surface area contributed by atoms with Gasteiger partial charge in [-0.25, -0.2) is 12.8 Å². The van der Waals surface area contributed by atoms with Crippen molar-refractivity contribution in [3.05, 3.63) is 59.4 Å². The van der Waals surface area contributed by atoms with Crippen molar-refractivity contribution in [2.24, 2.45) is 11.7 Å². The molecule has 0 aliphatic carbocycles. The molecule has 140 valence electrons. The molecule has 0 spiro atoms. The number of halogens is 1. The van der Waals surface area contributed by atoms with Crippen molar-refractivity contribution in [2.75, 3.05) is 17.8 Å². The lowest BCUT2D eigenvalue weighted by atomic mass is 10.1. The van der Waals surface area contributed by atoms with Crippen LogP contribution in [-0.4, -0.2) is 27.4 Å². The quantitative estimate of drug-likeness (QED) is 0.687. The minimum absolute atomic E-state index is 0.00325. The molecule has 0 bridgehead atoms. The molecule has 0 aromatic heterocycles. The molecule has 2 rings (SSSR count). The van der Waals surface area contributed by atoms with Gasteiger partial charge in [0.1, 0.15) is 5.82 Å². The number of aryl methyl sites for hydroxylation is 1. The molecule has 26 heavy (non-hydrogen) atoms. The summed E-state index contributed by atoms with van der Waals surface area (Å²) in [5.74, 6) is -0.584. The summed E-state index contributed by atoms with van der Waals surface area (Å²) in [6, 6.07) is 9.51. The van der Waals surface area contributed by atoms with Crippen LogP contribution in [0.25, 0.3) is 0 Å². The Morgan fingerprint density at radius 1 is 1.19 bits per heavy atom. The maximum absolute atomic E-state index is 13.2. The lowest BCUT2D eigenvalue weighted by molar-refractivity contribution is 0.0948. The maximum Gasteiger partial charge on any atom is 0.262 e. The number of benzene rings is 2. The third-order valence-corrected chi connectivity index (χ3v) is 5.38. The van der Waals surface area contributed by atoms with Gasteiger partial charge in [0.2, 0.25) is 0 Å². The van der Waals surface area contributed by atoms with Gasteiger partial charge in [0.25, 0.3) is 15.9 Å². The minimum Gasteiger partial charge on any atom is -0.352 e. The predicted molar refractivity (Wildman–Crippen MR) is 98.9 cm³/mol. The van der Waals surface area contributed by atoms with Crippen LogP contribution in [0, 0.1) is 18.7 Å². The number of hydrogen-bond donors (Lipinski definition) is 3. The maximum atomic E-state index is 13.2. The van der Waals surface area contributed by atoms with E-state index in [1.165, 1.54) is 37.3 Å². The fourth-order valence-corrected chi connectivity index (χ4v) is 3.55. The number of nitrogens with one attached hydrogen (secondary N) is 2. The number of carbonyl (C=O) groups excluding carboxylic acids is 1. The molecular weight excluding hydrogens is 357 g/mol. The first kappa shape index (κ1) is 19.9. The summed E-state index contributed by atoms with van der Waals surface area (Å²) in [5, 5.41) is 2.76. The van der Waals surface area contributed by atoms with Gasteiger partial charge in [-0.2, -0.15) is 0 Å². The Morgan fingerprint density at radius 3 is 2.42 bits per heavy atom. The number of sulfonamides is 1. The van der Waals surface area contributed by atoms with Crippen LogP contribution in [0.5, 0.6) is 0 Å². The van der Waals surface area contributed by atoms with Gasteiger partial charge in [0, 0.05) is 17.8 Å². The summed E-state index contributed by atoms with van der Waals surface area (Å²) < 4.78 is 40.5. The van der Waals surface area contributed by atoms with E-state index >= 15 is 0 Å². The molecule has 0 aliphatic rings. The molecule has 0 fully saturated rings. The zero-order chi connectivity index (χ0) is 19.3. The van der Waals surface area contributed by atoms with Crippen LogP contribution >= 0.6 is 0 Å². The highest BCUT2D eigenvalue weighted by Crippen LogP contribution is 2.20. The topological polar surface area (TPSA) is 101 Å². The summed E-state index contributed by atoms with van der Waals surface area (Å²) in [6.45, 7) is 4.39. The molecule has 0 aliphatic heterocycles. The molecule has 2 aromatic rings.